The molecule has 1 atom stereocenters. The van der Waals surface area contributed by atoms with Crippen molar-refractivity contribution in [1.82, 2.24) is 4.72 Å². The van der Waals surface area contributed by atoms with E-state index in [9.17, 15) is 8.42 Å². The van der Waals surface area contributed by atoms with Gasteiger partial charge in [0.15, 0.2) is 0 Å². The Bertz CT molecular complexity index is 799. The van der Waals surface area contributed by atoms with Crippen LogP contribution in [0, 0.1) is 6.92 Å². The maximum Gasteiger partial charge on any atom is 0.244 e. The molecule has 0 spiro atoms. The number of sulfonamides is 1. The van der Waals surface area contributed by atoms with Crippen LogP contribution in [-0.4, -0.2) is 29.2 Å². The number of nitrogens with one attached hydrogen (secondary N) is 1. The molecule has 25 heavy (non-hydrogen) atoms. The van der Waals surface area contributed by atoms with Gasteiger partial charge >= 0.3 is 0 Å². The molecule has 0 aliphatic carbocycles. The molecular formula is C19H25NO4S. The van der Waals surface area contributed by atoms with Gasteiger partial charge < -0.3 is 9.47 Å². The fourth-order valence-corrected chi connectivity index (χ4v) is 4.13. The maximum absolute atomic E-state index is 12.8. The van der Waals surface area contributed by atoms with Crippen molar-refractivity contribution in [2.45, 2.75) is 30.8 Å². The zero-order valence-corrected chi connectivity index (χ0v) is 15.9. The van der Waals surface area contributed by atoms with Gasteiger partial charge in [0.25, 0.3) is 0 Å². The van der Waals surface area contributed by atoms with Gasteiger partial charge in [0.05, 0.1) is 7.11 Å². The first-order valence-electron chi connectivity index (χ1n) is 8.13. The van der Waals surface area contributed by atoms with Crippen molar-refractivity contribution in [3.05, 3.63) is 59.7 Å². The first-order valence-corrected chi connectivity index (χ1v) is 9.62. The highest BCUT2D eigenvalue weighted by Gasteiger charge is 2.32. The minimum absolute atomic E-state index is 0.128. The van der Waals surface area contributed by atoms with Gasteiger partial charge in [-0.1, -0.05) is 43.3 Å². The molecule has 2 rings (SSSR count). The lowest BCUT2D eigenvalue weighted by Gasteiger charge is -2.32. The molecule has 0 bridgehead atoms. The molecular weight excluding hydrogens is 338 g/mol. The van der Waals surface area contributed by atoms with Gasteiger partial charge in [-0.3, -0.25) is 0 Å². The quantitative estimate of drug-likeness (QED) is 0.782. The summed E-state index contributed by atoms with van der Waals surface area (Å²) in [5.74, 6) is 0.317. The normalized spacial score (nSPS) is 14.1. The average Bonchev–Trinajstić information content (AvgIpc) is 2.64. The monoisotopic (exact) mass is 363 g/mol. The molecule has 0 amide bonds. The Balaban J connectivity index is 2.33. The number of rotatable bonds is 8. The minimum Gasteiger partial charge on any atom is -0.495 e. The first-order chi connectivity index (χ1) is 11.9. The second-order valence-corrected chi connectivity index (χ2v) is 7.63. The average molecular weight is 363 g/mol. The molecule has 0 fully saturated rings. The summed E-state index contributed by atoms with van der Waals surface area (Å²) < 4.78 is 39.3. The van der Waals surface area contributed by atoms with E-state index < -0.39 is 15.6 Å². The molecule has 0 saturated carbocycles. The second kappa shape index (κ2) is 7.99. The van der Waals surface area contributed by atoms with Gasteiger partial charge in [0.1, 0.15) is 16.2 Å². The van der Waals surface area contributed by atoms with Crippen LogP contribution in [-0.2, 0) is 20.4 Å². The van der Waals surface area contributed by atoms with Crippen LogP contribution in [0.5, 0.6) is 5.75 Å². The highest BCUT2D eigenvalue weighted by molar-refractivity contribution is 7.89. The standard InChI is InChI=1S/C19H25NO4S/c1-5-19(24-4,16-9-7-6-8-10-16)14-20-25(21,22)18-13-15(2)11-12-17(18)23-3/h6-13,20H,5,14H2,1-4H3. The summed E-state index contributed by atoms with van der Waals surface area (Å²) in [6, 6.07) is 14.7. The topological polar surface area (TPSA) is 64.6 Å². The molecule has 5 nitrogen and oxygen atoms in total. The van der Waals surface area contributed by atoms with Crippen LogP contribution in [0.15, 0.2) is 53.4 Å². The van der Waals surface area contributed by atoms with Crippen molar-refractivity contribution in [2.75, 3.05) is 20.8 Å². The van der Waals surface area contributed by atoms with Gasteiger partial charge in [-0.15, -0.1) is 0 Å². The third-order valence-corrected chi connectivity index (χ3v) is 5.84. The molecule has 0 heterocycles. The van der Waals surface area contributed by atoms with Gasteiger partial charge in [-0.2, -0.15) is 0 Å². The molecule has 1 N–H and O–H groups in total. The molecule has 0 saturated heterocycles. The van der Waals surface area contributed by atoms with Crippen molar-refractivity contribution in [3.8, 4) is 5.75 Å². The van der Waals surface area contributed by atoms with E-state index in [1.54, 1.807) is 19.2 Å². The van der Waals surface area contributed by atoms with Crippen LogP contribution in [0.3, 0.4) is 0 Å². The maximum atomic E-state index is 12.8. The van der Waals surface area contributed by atoms with Gasteiger partial charge in [-0.05, 0) is 36.6 Å². The van der Waals surface area contributed by atoms with Crippen molar-refractivity contribution in [2.24, 2.45) is 0 Å². The van der Waals surface area contributed by atoms with Crippen LogP contribution >= 0.6 is 0 Å². The lowest BCUT2D eigenvalue weighted by atomic mass is 9.91. The summed E-state index contributed by atoms with van der Waals surface area (Å²) in [6.07, 6.45) is 0.626. The summed E-state index contributed by atoms with van der Waals surface area (Å²) in [6.45, 7) is 3.94. The van der Waals surface area contributed by atoms with E-state index in [1.165, 1.54) is 7.11 Å². The lowest BCUT2D eigenvalue weighted by molar-refractivity contribution is -0.0133. The molecule has 2 aromatic rings. The van der Waals surface area contributed by atoms with E-state index in [1.807, 2.05) is 50.2 Å². The molecule has 0 aromatic heterocycles. The van der Waals surface area contributed by atoms with Gasteiger partial charge in [0, 0.05) is 13.7 Å². The number of benzene rings is 2. The third-order valence-electron chi connectivity index (χ3n) is 4.42. The highest BCUT2D eigenvalue weighted by atomic mass is 32.2. The number of ether oxygens (including phenoxy) is 2. The summed E-state index contributed by atoms with van der Waals surface area (Å²) in [4.78, 5) is 0.129. The van der Waals surface area contributed by atoms with E-state index in [0.717, 1.165) is 11.1 Å². The Kier molecular flexibility index (Phi) is 6.21. The number of aryl methyl sites for hydroxylation is 1. The molecule has 0 aliphatic heterocycles. The molecule has 0 radical (unpaired) electrons. The van der Waals surface area contributed by atoms with E-state index >= 15 is 0 Å². The van der Waals surface area contributed by atoms with Gasteiger partial charge in [0.2, 0.25) is 10.0 Å². The number of hydrogen-bond donors (Lipinski definition) is 1. The van der Waals surface area contributed by atoms with Crippen LogP contribution < -0.4 is 9.46 Å². The van der Waals surface area contributed by atoms with Crippen molar-refractivity contribution in [1.29, 1.82) is 0 Å². The molecule has 136 valence electrons. The van der Waals surface area contributed by atoms with Crippen molar-refractivity contribution < 1.29 is 17.9 Å². The van der Waals surface area contributed by atoms with Crippen molar-refractivity contribution in [3.63, 3.8) is 0 Å². The Morgan fingerprint density at radius 2 is 1.76 bits per heavy atom. The smallest absolute Gasteiger partial charge is 0.244 e. The van der Waals surface area contributed by atoms with Crippen molar-refractivity contribution >= 4 is 10.0 Å². The Morgan fingerprint density at radius 1 is 1.08 bits per heavy atom. The predicted octanol–water partition coefficient (Wildman–Crippen LogP) is 3.23. The first kappa shape index (κ1) is 19.4. The lowest BCUT2D eigenvalue weighted by Crippen LogP contribution is -2.42. The summed E-state index contributed by atoms with van der Waals surface area (Å²) >= 11 is 0. The number of methoxy groups -OCH3 is 2. The number of hydrogen-bond acceptors (Lipinski definition) is 4. The minimum atomic E-state index is -3.74. The van der Waals surface area contributed by atoms with E-state index in [2.05, 4.69) is 4.72 Å². The molecule has 0 aliphatic rings. The fourth-order valence-electron chi connectivity index (χ4n) is 2.79. The SMILES string of the molecule is CCC(CNS(=O)(=O)c1cc(C)ccc1OC)(OC)c1ccccc1. The van der Waals surface area contributed by atoms with E-state index in [0.29, 0.717) is 12.2 Å². The molecule has 2 aromatic carbocycles. The third kappa shape index (κ3) is 4.21. The zero-order chi connectivity index (χ0) is 18.5. The second-order valence-electron chi connectivity index (χ2n) is 5.90. The Morgan fingerprint density at radius 3 is 2.32 bits per heavy atom. The largest absolute Gasteiger partial charge is 0.495 e. The Hall–Kier alpha value is -1.89. The van der Waals surface area contributed by atoms with Crippen LogP contribution in [0.2, 0.25) is 0 Å². The Labute approximate surface area is 150 Å². The van der Waals surface area contributed by atoms with Crippen LogP contribution in [0.4, 0.5) is 0 Å². The summed E-state index contributed by atoms with van der Waals surface area (Å²) in [7, 11) is -0.689. The van der Waals surface area contributed by atoms with Crippen LogP contribution in [0.1, 0.15) is 24.5 Å². The highest BCUT2D eigenvalue weighted by Crippen LogP contribution is 2.30. The van der Waals surface area contributed by atoms with Crippen LogP contribution in [0.25, 0.3) is 0 Å². The zero-order valence-electron chi connectivity index (χ0n) is 15.1. The predicted molar refractivity (Wildman–Crippen MR) is 98.3 cm³/mol. The molecule has 1 unspecified atom stereocenters. The van der Waals surface area contributed by atoms with E-state index in [-0.39, 0.29) is 11.4 Å². The summed E-state index contributed by atoms with van der Waals surface area (Å²) in [5, 5.41) is 0. The van der Waals surface area contributed by atoms with Gasteiger partial charge in [-0.25, -0.2) is 13.1 Å². The van der Waals surface area contributed by atoms with E-state index in [4.69, 9.17) is 9.47 Å². The fraction of sp³-hybridized carbons (Fsp3) is 0.368. The molecule has 6 heteroatoms. The summed E-state index contributed by atoms with van der Waals surface area (Å²) in [5.41, 5.74) is 1.04.